The first-order valence-electron chi connectivity index (χ1n) is 23.5. The number of hydrogen-bond donors (Lipinski definition) is 4. The highest BCUT2D eigenvalue weighted by Crippen LogP contribution is 2.47. The topological polar surface area (TPSA) is 234 Å². The van der Waals surface area contributed by atoms with Gasteiger partial charge in [-0.15, -0.1) is 0 Å². The Morgan fingerprint density at radius 1 is 0.507 bits per heavy atom. The van der Waals surface area contributed by atoms with Crippen LogP contribution in [-0.2, 0) is 52.8 Å². The largest absolute Gasteiger partial charge is 0.455 e. The normalized spacial score (nSPS) is 22.2. The van der Waals surface area contributed by atoms with Crippen LogP contribution in [0.5, 0.6) is 0 Å². The molecular weight excluding hydrogens is 905 g/mol. The van der Waals surface area contributed by atoms with Gasteiger partial charge in [-0.05, 0) is 125 Å². The molecule has 2 saturated carbocycles. The molecule has 0 aromatic carbocycles. The fourth-order valence-corrected chi connectivity index (χ4v) is 18.9. The van der Waals surface area contributed by atoms with Gasteiger partial charge in [0.05, 0.1) is 13.2 Å². The average molecular weight is 987 g/mol. The first-order valence-corrected chi connectivity index (χ1v) is 29.7. The van der Waals surface area contributed by atoms with Crippen molar-refractivity contribution < 1.29 is 72.0 Å². The molecule has 0 heterocycles. The summed E-state index contributed by atoms with van der Waals surface area (Å²) in [5, 5.41) is 11.1. The van der Waals surface area contributed by atoms with Gasteiger partial charge in [0.1, 0.15) is 0 Å². The Labute approximate surface area is 400 Å². The Morgan fingerprint density at radius 2 is 0.866 bits per heavy atom. The maximum absolute atomic E-state index is 12.5. The zero-order valence-electron chi connectivity index (χ0n) is 42.4. The van der Waals surface area contributed by atoms with Crippen molar-refractivity contribution in [3.05, 3.63) is 24.3 Å². The van der Waals surface area contributed by atoms with Gasteiger partial charge in [0, 0.05) is 36.3 Å². The monoisotopic (exact) mass is 987 g/mol. The van der Waals surface area contributed by atoms with Crippen LogP contribution >= 0.6 is 0 Å². The number of carbonyl (C=O) groups excluding carboxylic acids is 6. The van der Waals surface area contributed by atoms with E-state index in [-0.39, 0.29) is 58.1 Å². The minimum absolute atomic E-state index is 0.106. The van der Waals surface area contributed by atoms with Gasteiger partial charge in [0.15, 0.2) is 16.6 Å². The Bertz CT molecular complexity index is 1590. The van der Waals surface area contributed by atoms with E-state index in [0.29, 0.717) is 38.8 Å². The van der Waals surface area contributed by atoms with E-state index >= 15 is 0 Å². The molecule has 2 rings (SSSR count). The molecule has 384 valence electrons. The van der Waals surface area contributed by atoms with Crippen LogP contribution in [0.4, 0.5) is 19.2 Å². The van der Waals surface area contributed by atoms with Crippen LogP contribution in [0.2, 0.25) is 38.3 Å². The van der Waals surface area contributed by atoms with Crippen molar-refractivity contribution in [3.8, 4) is 0 Å². The summed E-state index contributed by atoms with van der Waals surface area (Å²) in [5.74, 6) is -1.66. The summed E-state index contributed by atoms with van der Waals surface area (Å²) in [6.07, 6.45) is 6.24. The summed E-state index contributed by atoms with van der Waals surface area (Å²) in [7, 11) is -3.81. The molecule has 2 fully saturated rings. The zero-order chi connectivity index (χ0) is 50.7. The second-order valence-corrected chi connectivity index (χ2v) is 31.0. The molecule has 0 radical (unpaired) electrons. The van der Waals surface area contributed by atoms with E-state index in [1.165, 1.54) is 13.8 Å². The van der Waals surface area contributed by atoms with E-state index in [1.54, 1.807) is 0 Å². The van der Waals surface area contributed by atoms with E-state index in [9.17, 15) is 28.8 Å². The van der Waals surface area contributed by atoms with Crippen LogP contribution in [0.3, 0.4) is 0 Å². The maximum Gasteiger partial charge on any atom is 0.450 e. The third kappa shape index (κ3) is 25.1. The Kier molecular flexibility index (Phi) is 23.3. The summed E-state index contributed by atoms with van der Waals surface area (Å²) in [4.78, 5) is 111. The van der Waals surface area contributed by atoms with Crippen LogP contribution < -0.4 is 21.3 Å². The Morgan fingerprint density at radius 3 is 1.21 bits per heavy atom. The van der Waals surface area contributed by atoms with E-state index in [0.717, 1.165) is 63.5 Å². The zero-order valence-corrected chi connectivity index (χ0v) is 44.4. The molecule has 0 spiro atoms. The molecule has 0 aromatic heterocycles. The van der Waals surface area contributed by atoms with E-state index in [4.69, 9.17) is 23.7 Å². The molecular formula is C46H82N4O15Si2. The van der Waals surface area contributed by atoms with Crippen molar-refractivity contribution in [2.75, 3.05) is 26.3 Å². The van der Waals surface area contributed by atoms with Crippen LogP contribution in [0, 0.1) is 21.7 Å². The minimum atomic E-state index is -1.91. The van der Waals surface area contributed by atoms with Gasteiger partial charge in [0.2, 0.25) is 0 Å². The number of hydrogen-bond acceptors (Lipinski definition) is 15. The molecule has 2 aliphatic carbocycles. The predicted molar refractivity (Wildman–Crippen MR) is 254 cm³/mol. The van der Waals surface area contributed by atoms with Crippen molar-refractivity contribution in [2.45, 2.75) is 183 Å². The minimum Gasteiger partial charge on any atom is -0.455 e. The number of unbranched alkanes of at least 4 members (excludes halogenated alkanes) is 4. The third-order valence-electron chi connectivity index (χ3n) is 11.8. The van der Waals surface area contributed by atoms with Crippen molar-refractivity contribution in [2.24, 2.45) is 21.7 Å². The lowest BCUT2D eigenvalue weighted by Crippen LogP contribution is -2.50. The van der Waals surface area contributed by atoms with Crippen molar-refractivity contribution in [1.29, 1.82) is 0 Å². The van der Waals surface area contributed by atoms with Crippen molar-refractivity contribution >= 4 is 52.9 Å². The van der Waals surface area contributed by atoms with Crippen LogP contribution in [-0.4, -0.2) is 91.3 Å². The Hall–Kier alpha value is -4.19. The fraction of sp³-hybridized carbons (Fsp3) is 0.783. The van der Waals surface area contributed by atoms with Gasteiger partial charge in [0.25, 0.3) is 0 Å². The number of carbonyl (C=O) groups is 6. The molecule has 0 aliphatic heterocycles. The van der Waals surface area contributed by atoms with Gasteiger partial charge >= 0.3 is 36.3 Å². The molecule has 0 saturated heterocycles. The summed E-state index contributed by atoms with van der Waals surface area (Å²) in [6, 6.07) is 1.49. The van der Waals surface area contributed by atoms with E-state index in [1.807, 2.05) is 13.8 Å². The van der Waals surface area contributed by atoms with Gasteiger partial charge in [-0.2, -0.15) is 9.78 Å². The number of amides is 4. The van der Waals surface area contributed by atoms with Crippen LogP contribution in [0.1, 0.15) is 132 Å². The number of nitrogens with one attached hydrogen (secondary N) is 4. The Balaban J connectivity index is 1.57. The molecule has 4 N–H and O–H groups in total. The number of rotatable bonds is 24. The average Bonchev–Trinajstić information content (AvgIpc) is 3.17. The SMILES string of the molecule is C=C(C)C(=O)OOC(=O)NC1CC(C)(C)CC(C)(CNC(=O)OOCCCCC[Si](C)(C)O[Si](C)(C)CCCCCOOC(=O)NCC2(C)CC(NC(=O)OOC(=O)C(=C)C)CC(C)(C)C2)C1. The second kappa shape index (κ2) is 26.5. The van der Waals surface area contributed by atoms with Crippen LogP contribution in [0.15, 0.2) is 24.3 Å². The quantitative estimate of drug-likeness (QED) is 0.0232. The molecule has 4 amide bonds. The second-order valence-electron chi connectivity index (χ2n) is 22.2. The lowest BCUT2D eigenvalue weighted by molar-refractivity contribution is -0.239. The van der Waals surface area contributed by atoms with Gasteiger partial charge in [-0.1, -0.05) is 80.4 Å². The van der Waals surface area contributed by atoms with Crippen molar-refractivity contribution in [3.63, 3.8) is 0 Å². The molecule has 67 heavy (non-hydrogen) atoms. The third-order valence-corrected chi connectivity index (χ3v) is 19.3. The lowest BCUT2D eigenvalue weighted by Gasteiger charge is -2.46. The summed E-state index contributed by atoms with van der Waals surface area (Å²) >= 11 is 0. The van der Waals surface area contributed by atoms with Crippen LogP contribution in [0.25, 0.3) is 0 Å². The smallest absolute Gasteiger partial charge is 0.450 e. The first kappa shape index (κ1) is 58.9. The molecule has 21 heteroatoms. The molecule has 4 unspecified atom stereocenters. The molecule has 0 aromatic rings. The maximum atomic E-state index is 12.5. The molecule has 4 atom stereocenters. The van der Waals surface area contributed by atoms with E-state index < -0.39 is 52.9 Å². The summed E-state index contributed by atoms with van der Waals surface area (Å²) < 4.78 is 6.81. The molecule has 0 bridgehead atoms. The molecule has 19 nitrogen and oxygen atoms in total. The lowest BCUT2D eigenvalue weighted by atomic mass is 9.62. The first-order chi connectivity index (χ1) is 30.9. The van der Waals surface area contributed by atoms with Gasteiger partial charge < -0.3 is 25.4 Å². The van der Waals surface area contributed by atoms with E-state index in [2.05, 4.69) is 108 Å². The fourth-order valence-electron chi connectivity index (χ4n) is 9.86. The standard InChI is InChI=1S/C46H82N4O15Si2/c1-33(2)37(51)59-63-41(55)49-35-25-43(5,6)29-45(9,27-35)31-47-39(53)61-57-21-17-15-19-23-66(11,12)65-67(13,14)24-20-16-18-22-58-62-40(54)48-32-46(10)28-36(26-44(7,8)30-46)50-42(56)64-60-38(52)34(3)4/h35-36H,1,3,15-32H2,2,4-14H3,(H,47,53)(H,48,54)(H,49,55)(H,50,56). The summed E-state index contributed by atoms with van der Waals surface area (Å²) in [6.45, 7) is 32.4. The highest BCUT2D eigenvalue weighted by molar-refractivity contribution is 6.84. The highest BCUT2D eigenvalue weighted by Gasteiger charge is 2.44. The highest BCUT2D eigenvalue weighted by atomic mass is 28.4. The predicted octanol–water partition coefficient (Wildman–Crippen LogP) is 9.76. The van der Waals surface area contributed by atoms with Gasteiger partial charge in [-0.3, -0.25) is 9.78 Å². The molecule has 2 aliphatic rings. The summed E-state index contributed by atoms with van der Waals surface area (Å²) in [5.41, 5.74) is -0.787. The van der Waals surface area contributed by atoms with Crippen molar-refractivity contribution in [1.82, 2.24) is 21.3 Å². The van der Waals surface area contributed by atoms with Gasteiger partial charge in [-0.25, -0.2) is 48.3 Å².